The first-order valence-corrected chi connectivity index (χ1v) is 14.8. The average molecular weight is 622 g/mol. The summed E-state index contributed by atoms with van der Waals surface area (Å²) in [7, 11) is -0.00950. The van der Waals surface area contributed by atoms with Crippen molar-refractivity contribution in [1.82, 2.24) is 0 Å². The normalized spacial score (nSPS) is 10.4. The molecule has 10 heteroatoms. The van der Waals surface area contributed by atoms with Gasteiger partial charge in [0.2, 0.25) is 0 Å². The molecule has 4 rings (SSSR count). The van der Waals surface area contributed by atoms with Crippen LogP contribution in [0.15, 0.2) is 97.6 Å². The SMILES string of the molecule is C=CC(=O)OCCCCOc1ccc(C(=O)Oc2ccc(OC(=O)c3ccc(OCc4ccc(BO)cc4)cc3)c(C)c2C)cc1. The van der Waals surface area contributed by atoms with Crippen molar-refractivity contribution in [2.24, 2.45) is 0 Å². The fourth-order valence-electron chi connectivity index (χ4n) is 4.22. The van der Waals surface area contributed by atoms with Crippen molar-refractivity contribution in [2.45, 2.75) is 33.3 Å². The molecule has 1 N–H and O–H groups in total. The standard InChI is InChI=1S/C36H35BO9/c1-4-34(38)43-22-6-5-21-42-30-15-9-27(10-16-30)35(39)45-32-19-20-33(25(3)24(32)2)46-36(40)28-11-17-31(18-12-28)44-23-26-7-13-29(37-41)14-8-26/h4,7-20,37,41H,1,5-6,21-23H2,2-3H3. The second-order valence-corrected chi connectivity index (χ2v) is 10.3. The molecule has 0 unspecified atom stereocenters. The highest BCUT2D eigenvalue weighted by atomic mass is 16.5. The Kier molecular flexibility index (Phi) is 12.1. The number of rotatable bonds is 15. The van der Waals surface area contributed by atoms with Gasteiger partial charge in [-0.3, -0.25) is 0 Å². The van der Waals surface area contributed by atoms with Gasteiger partial charge in [0.05, 0.1) is 24.3 Å². The summed E-state index contributed by atoms with van der Waals surface area (Å²) in [5.41, 5.74) is 3.81. The zero-order valence-corrected chi connectivity index (χ0v) is 25.8. The summed E-state index contributed by atoms with van der Waals surface area (Å²) in [6, 6.07) is 23.9. The lowest BCUT2D eigenvalue weighted by Crippen LogP contribution is -2.12. The van der Waals surface area contributed by atoms with E-state index in [1.165, 1.54) is 0 Å². The van der Waals surface area contributed by atoms with Crippen LogP contribution in [0.2, 0.25) is 0 Å². The number of ether oxygens (including phenoxy) is 5. The van der Waals surface area contributed by atoms with Gasteiger partial charge in [0.1, 0.15) is 29.6 Å². The topological polar surface area (TPSA) is 118 Å². The van der Waals surface area contributed by atoms with E-state index in [-0.39, 0.29) is 7.48 Å². The number of esters is 3. The number of benzene rings is 4. The highest BCUT2D eigenvalue weighted by molar-refractivity contribution is 6.45. The lowest BCUT2D eigenvalue weighted by atomic mass is 9.88. The van der Waals surface area contributed by atoms with E-state index in [4.69, 9.17) is 28.7 Å². The van der Waals surface area contributed by atoms with E-state index < -0.39 is 17.9 Å². The van der Waals surface area contributed by atoms with E-state index in [2.05, 4.69) is 6.58 Å². The molecule has 0 heterocycles. The summed E-state index contributed by atoms with van der Waals surface area (Å²) in [5, 5.41) is 9.17. The second kappa shape index (κ2) is 16.7. The van der Waals surface area contributed by atoms with Gasteiger partial charge in [0.25, 0.3) is 0 Å². The Balaban J connectivity index is 1.26. The van der Waals surface area contributed by atoms with E-state index in [1.54, 1.807) is 74.5 Å². The van der Waals surface area contributed by atoms with Crippen LogP contribution in [-0.2, 0) is 16.1 Å². The number of unbranched alkanes of at least 4 members (excludes halogenated alkanes) is 1. The maximum Gasteiger partial charge on any atom is 0.343 e. The molecule has 236 valence electrons. The number of hydrogen-bond donors (Lipinski definition) is 1. The van der Waals surface area contributed by atoms with Crippen molar-refractivity contribution in [3.8, 4) is 23.0 Å². The van der Waals surface area contributed by atoms with Gasteiger partial charge in [-0.25, -0.2) is 14.4 Å². The summed E-state index contributed by atoms with van der Waals surface area (Å²) in [4.78, 5) is 36.7. The lowest BCUT2D eigenvalue weighted by molar-refractivity contribution is -0.137. The molecular formula is C36H35BO9. The minimum Gasteiger partial charge on any atom is -0.494 e. The van der Waals surface area contributed by atoms with Crippen LogP contribution >= 0.6 is 0 Å². The van der Waals surface area contributed by atoms with Crippen molar-refractivity contribution in [1.29, 1.82) is 0 Å². The minimum absolute atomic E-state index is 0.00950. The third-order valence-corrected chi connectivity index (χ3v) is 7.10. The highest BCUT2D eigenvalue weighted by Crippen LogP contribution is 2.30. The lowest BCUT2D eigenvalue weighted by Gasteiger charge is -2.14. The van der Waals surface area contributed by atoms with Crippen LogP contribution in [0.25, 0.3) is 0 Å². The maximum atomic E-state index is 12.9. The number of hydrogen-bond acceptors (Lipinski definition) is 9. The Morgan fingerprint density at radius 1 is 0.696 bits per heavy atom. The molecule has 0 saturated carbocycles. The van der Waals surface area contributed by atoms with Gasteiger partial charge < -0.3 is 28.7 Å². The molecule has 46 heavy (non-hydrogen) atoms. The van der Waals surface area contributed by atoms with Gasteiger partial charge in [0.15, 0.2) is 0 Å². The summed E-state index contributed by atoms with van der Waals surface area (Å²) in [5.74, 6) is 0.400. The molecule has 4 aromatic rings. The first-order valence-electron chi connectivity index (χ1n) is 14.8. The van der Waals surface area contributed by atoms with Gasteiger partial charge in [-0.05, 0) is 104 Å². The quantitative estimate of drug-likeness (QED) is 0.0630. The van der Waals surface area contributed by atoms with Gasteiger partial charge in [0, 0.05) is 6.08 Å². The van der Waals surface area contributed by atoms with Crippen molar-refractivity contribution in [2.75, 3.05) is 13.2 Å². The molecule has 0 aromatic heterocycles. The van der Waals surface area contributed by atoms with Crippen LogP contribution in [0.4, 0.5) is 0 Å². The van der Waals surface area contributed by atoms with Crippen molar-refractivity contribution < 1.29 is 43.1 Å². The largest absolute Gasteiger partial charge is 0.494 e. The fraction of sp³-hybridized carbons (Fsp3) is 0.194. The van der Waals surface area contributed by atoms with Gasteiger partial charge in [-0.1, -0.05) is 36.3 Å². The molecule has 4 aromatic carbocycles. The van der Waals surface area contributed by atoms with E-state index in [9.17, 15) is 14.4 Å². The summed E-state index contributed by atoms with van der Waals surface area (Å²) in [6.45, 7) is 8.01. The Morgan fingerprint density at radius 3 is 1.70 bits per heavy atom. The van der Waals surface area contributed by atoms with E-state index in [0.717, 1.165) is 17.1 Å². The molecule has 0 aliphatic heterocycles. The molecule has 0 amide bonds. The zero-order chi connectivity index (χ0) is 32.9. The Hall–Kier alpha value is -5.35. The zero-order valence-electron chi connectivity index (χ0n) is 25.8. The average Bonchev–Trinajstić information content (AvgIpc) is 3.09. The first kappa shape index (κ1) is 33.5. The smallest absolute Gasteiger partial charge is 0.343 e. The van der Waals surface area contributed by atoms with Gasteiger partial charge >= 0.3 is 25.4 Å². The van der Waals surface area contributed by atoms with Crippen LogP contribution in [0.3, 0.4) is 0 Å². The molecule has 0 saturated heterocycles. The molecular weight excluding hydrogens is 587 g/mol. The van der Waals surface area contributed by atoms with E-state index in [1.807, 2.05) is 24.3 Å². The van der Waals surface area contributed by atoms with Gasteiger partial charge in [-0.2, -0.15) is 0 Å². The van der Waals surface area contributed by atoms with E-state index >= 15 is 0 Å². The predicted octanol–water partition coefficient (Wildman–Crippen LogP) is 5.18. The number of carbonyl (C=O) groups excluding carboxylic acids is 3. The van der Waals surface area contributed by atoms with Crippen molar-refractivity contribution >= 4 is 30.9 Å². The molecule has 0 bridgehead atoms. The Labute approximate surface area is 268 Å². The molecule has 0 radical (unpaired) electrons. The molecule has 0 aliphatic carbocycles. The van der Waals surface area contributed by atoms with Gasteiger partial charge in [-0.15, -0.1) is 0 Å². The Morgan fingerprint density at radius 2 is 1.20 bits per heavy atom. The minimum atomic E-state index is -0.535. The van der Waals surface area contributed by atoms with Crippen molar-refractivity contribution in [3.05, 3.63) is 125 Å². The molecule has 0 atom stereocenters. The predicted molar refractivity (Wildman–Crippen MR) is 174 cm³/mol. The van der Waals surface area contributed by atoms with Crippen LogP contribution in [0.1, 0.15) is 50.2 Å². The Bertz CT molecular complexity index is 1650. The summed E-state index contributed by atoms with van der Waals surface area (Å²) in [6.07, 6.45) is 2.48. The molecule has 9 nitrogen and oxygen atoms in total. The summed E-state index contributed by atoms with van der Waals surface area (Å²) >= 11 is 0. The summed E-state index contributed by atoms with van der Waals surface area (Å²) < 4.78 is 27.7. The van der Waals surface area contributed by atoms with Crippen LogP contribution in [-0.4, -0.2) is 43.6 Å². The molecule has 0 fully saturated rings. The van der Waals surface area contributed by atoms with Crippen molar-refractivity contribution in [3.63, 3.8) is 0 Å². The maximum absolute atomic E-state index is 12.9. The first-order chi connectivity index (χ1) is 22.3. The number of carbonyl (C=O) groups is 3. The van der Waals surface area contributed by atoms with Crippen LogP contribution < -0.4 is 24.4 Å². The van der Waals surface area contributed by atoms with Crippen LogP contribution in [0.5, 0.6) is 23.0 Å². The van der Waals surface area contributed by atoms with Crippen LogP contribution in [0, 0.1) is 13.8 Å². The third-order valence-electron chi connectivity index (χ3n) is 7.10. The second-order valence-electron chi connectivity index (χ2n) is 10.3. The molecule has 0 spiro atoms. The molecule has 0 aliphatic rings. The monoisotopic (exact) mass is 622 g/mol. The third kappa shape index (κ3) is 9.58. The highest BCUT2D eigenvalue weighted by Gasteiger charge is 2.17. The fourth-order valence-corrected chi connectivity index (χ4v) is 4.22. The van der Waals surface area contributed by atoms with E-state index in [0.29, 0.717) is 77.9 Å².